The van der Waals surface area contributed by atoms with Gasteiger partial charge in [0.1, 0.15) is 0 Å². The highest BCUT2D eigenvalue weighted by Gasteiger charge is 2.31. The zero-order valence-electron chi connectivity index (χ0n) is 13.0. The van der Waals surface area contributed by atoms with Gasteiger partial charge in [-0.05, 0) is 41.7 Å². The van der Waals surface area contributed by atoms with Crippen molar-refractivity contribution >= 4 is 17.6 Å². The molecule has 0 aromatic heterocycles. The van der Waals surface area contributed by atoms with Gasteiger partial charge in [0.15, 0.2) is 0 Å². The van der Waals surface area contributed by atoms with Crippen molar-refractivity contribution in [3.63, 3.8) is 0 Å². The number of fused-ring (bicyclic) bond motifs is 1. The number of aliphatic carboxylic acids is 1. The molecule has 0 saturated carbocycles. The Hall–Kier alpha value is -2.62. The third-order valence-electron chi connectivity index (χ3n) is 4.36. The van der Waals surface area contributed by atoms with Gasteiger partial charge in [0, 0.05) is 5.69 Å². The molecule has 0 heterocycles. The summed E-state index contributed by atoms with van der Waals surface area (Å²) < 4.78 is 0. The van der Waals surface area contributed by atoms with Crippen molar-refractivity contribution in [3.8, 4) is 0 Å². The standard InChI is InChI=1S/C19H19NO3/c1-12(19(22)23)10-13-6-8-15(9-7-13)20-18(21)17-11-14-4-2-3-5-16(14)17/h2-9,12,17H,10-11H2,1H3,(H,20,21)(H,22,23). The van der Waals surface area contributed by atoms with Gasteiger partial charge in [-0.3, -0.25) is 9.59 Å². The van der Waals surface area contributed by atoms with Crippen molar-refractivity contribution in [2.75, 3.05) is 5.32 Å². The van der Waals surface area contributed by atoms with Gasteiger partial charge in [-0.2, -0.15) is 0 Å². The fraction of sp³-hybridized carbons (Fsp3) is 0.263. The van der Waals surface area contributed by atoms with E-state index in [1.54, 1.807) is 6.92 Å². The van der Waals surface area contributed by atoms with Crippen LogP contribution < -0.4 is 5.32 Å². The lowest BCUT2D eigenvalue weighted by molar-refractivity contribution is -0.141. The molecule has 23 heavy (non-hydrogen) atoms. The molecule has 1 amide bonds. The van der Waals surface area contributed by atoms with Gasteiger partial charge in [-0.15, -0.1) is 0 Å². The van der Waals surface area contributed by atoms with Crippen LogP contribution in [0.25, 0.3) is 0 Å². The highest BCUT2D eigenvalue weighted by atomic mass is 16.4. The molecule has 2 atom stereocenters. The molecule has 4 nitrogen and oxygen atoms in total. The highest BCUT2D eigenvalue weighted by molar-refractivity contribution is 5.97. The predicted molar refractivity (Wildman–Crippen MR) is 88.5 cm³/mol. The van der Waals surface area contributed by atoms with Gasteiger partial charge in [-0.25, -0.2) is 0 Å². The maximum absolute atomic E-state index is 12.3. The second-order valence-electron chi connectivity index (χ2n) is 6.09. The number of nitrogens with one attached hydrogen (secondary N) is 1. The maximum atomic E-state index is 12.3. The molecular formula is C19H19NO3. The average molecular weight is 309 g/mol. The lowest BCUT2D eigenvalue weighted by Gasteiger charge is -2.28. The van der Waals surface area contributed by atoms with E-state index in [9.17, 15) is 9.59 Å². The SMILES string of the molecule is CC(Cc1ccc(NC(=O)C2Cc3ccccc32)cc1)C(=O)O. The molecule has 0 spiro atoms. The topological polar surface area (TPSA) is 66.4 Å². The number of benzene rings is 2. The number of amides is 1. The van der Waals surface area contributed by atoms with Crippen LogP contribution >= 0.6 is 0 Å². The van der Waals surface area contributed by atoms with Gasteiger partial charge >= 0.3 is 5.97 Å². The summed E-state index contributed by atoms with van der Waals surface area (Å²) in [5.74, 6) is -1.28. The van der Waals surface area contributed by atoms with Crippen molar-refractivity contribution in [1.29, 1.82) is 0 Å². The minimum atomic E-state index is -0.800. The third-order valence-corrected chi connectivity index (χ3v) is 4.36. The van der Waals surface area contributed by atoms with Crippen molar-refractivity contribution in [2.24, 2.45) is 5.92 Å². The van der Waals surface area contributed by atoms with Crippen LogP contribution in [0.1, 0.15) is 29.5 Å². The van der Waals surface area contributed by atoms with Crippen LogP contribution in [-0.2, 0) is 22.4 Å². The average Bonchev–Trinajstić information content (AvgIpc) is 2.50. The molecule has 0 radical (unpaired) electrons. The molecule has 2 N–H and O–H groups in total. The first-order valence-electron chi connectivity index (χ1n) is 7.75. The molecule has 0 fully saturated rings. The Morgan fingerprint density at radius 3 is 2.52 bits per heavy atom. The fourth-order valence-electron chi connectivity index (χ4n) is 2.89. The summed E-state index contributed by atoms with van der Waals surface area (Å²) in [6.07, 6.45) is 1.27. The third kappa shape index (κ3) is 3.26. The van der Waals surface area contributed by atoms with E-state index in [-0.39, 0.29) is 11.8 Å². The molecule has 2 unspecified atom stereocenters. The molecule has 4 heteroatoms. The molecule has 0 bridgehead atoms. The zero-order valence-corrected chi connectivity index (χ0v) is 13.0. The van der Waals surface area contributed by atoms with Crippen molar-refractivity contribution in [2.45, 2.75) is 25.7 Å². The molecule has 118 valence electrons. The van der Waals surface area contributed by atoms with Crippen LogP contribution in [0.4, 0.5) is 5.69 Å². The van der Waals surface area contributed by atoms with E-state index in [4.69, 9.17) is 5.11 Å². The number of carboxylic acid groups (broad SMARTS) is 1. The van der Waals surface area contributed by atoms with E-state index >= 15 is 0 Å². The second kappa shape index (κ2) is 6.24. The van der Waals surface area contributed by atoms with E-state index in [1.165, 1.54) is 5.56 Å². The lowest BCUT2D eigenvalue weighted by atomic mass is 9.77. The fourth-order valence-corrected chi connectivity index (χ4v) is 2.89. The van der Waals surface area contributed by atoms with Gasteiger partial charge in [0.25, 0.3) is 0 Å². The molecule has 0 aliphatic heterocycles. The van der Waals surface area contributed by atoms with E-state index < -0.39 is 11.9 Å². The molecule has 2 aromatic rings. The Morgan fingerprint density at radius 2 is 1.87 bits per heavy atom. The Kier molecular flexibility index (Phi) is 4.15. The number of anilines is 1. The summed E-state index contributed by atoms with van der Waals surface area (Å²) in [5.41, 5.74) is 4.04. The smallest absolute Gasteiger partial charge is 0.306 e. The molecule has 3 rings (SSSR count). The van der Waals surface area contributed by atoms with E-state index in [0.717, 1.165) is 23.2 Å². The summed E-state index contributed by atoms with van der Waals surface area (Å²) in [5, 5.41) is 11.9. The monoisotopic (exact) mass is 309 g/mol. The number of rotatable bonds is 5. The van der Waals surface area contributed by atoms with Crippen molar-refractivity contribution in [3.05, 3.63) is 65.2 Å². The van der Waals surface area contributed by atoms with Gasteiger partial charge in [0.2, 0.25) is 5.91 Å². The lowest BCUT2D eigenvalue weighted by Crippen LogP contribution is -2.30. The molecular weight excluding hydrogens is 290 g/mol. The van der Waals surface area contributed by atoms with Crippen LogP contribution in [0, 0.1) is 5.92 Å². The van der Waals surface area contributed by atoms with E-state index in [0.29, 0.717) is 6.42 Å². The Labute approximate surface area is 135 Å². The minimum absolute atomic E-state index is 0.00959. The first-order valence-corrected chi connectivity index (χ1v) is 7.75. The molecule has 1 aliphatic rings. The van der Waals surface area contributed by atoms with Crippen LogP contribution in [0.2, 0.25) is 0 Å². The first kappa shape index (κ1) is 15.3. The van der Waals surface area contributed by atoms with Crippen molar-refractivity contribution in [1.82, 2.24) is 0 Å². The molecule has 0 saturated heterocycles. The van der Waals surface area contributed by atoms with E-state index in [1.807, 2.05) is 42.5 Å². The Morgan fingerprint density at radius 1 is 1.17 bits per heavy atom. The summed E-state index contributed by atoms with van der Waals surface area (Å²) in [6.45, 7) is 1.69. The Bertz CT molecular complexity index is 737. The Balaban J connectivity index is 1.61. The van der Waals surface area contributed by atoms with Crippen LogP contribution in [0.3, 0.4) is 0 Å². The van der Waals surface area contributed by atoms with E-state index in [2.05, 4.69) is 11.4 Å². The predicted octanol–water partition coefficient (Wildman–Crippen LogP) is 3.23. The number of carbonyl (C=O) groups excluding carboxylic acids is 1. The molecule has 1 aliphatic carbocycles. The number of carbonyl (C=O) groups is 2. The summed E-state index contributed by atoms with van der Waals surface area (Å²) in [6, 6.07) is 15.4. The van der Waals surface area contributed by atoms with Crippen LogP contribution in [0.5, 0.6) is 0 Å². The van der Waals surface area contributed by atoms with Gasteiger partial charge in [0.05, 0.1) is 11.8 Å². The van der Waals surface area contributed by atoms with Crippen molar-refractivity contribution < 1.29 is 14.7 Å². The first-order chi connectivity index (χ1) is 11.0. The van der Waals surface area contributed by atoms with Crippen LogP contribution in [-0.4, -0.2) is 17.0 Å². The summed E-state index contributed by atoms with van der Waals surface area (Å²) in [4.78, 5) is 23.2. The normalized spacial score (nSPS) is 16.8. The number of hydrogen-bond acceptors (Lipinski definition) is 2. The van der Waals surface area contributed by atoms with Gasteiger partial charge in [-0.1, -0.05) is 43.3 Å². The minimum Gasteiger partial charge on any atom is -0.481 e. The van der Waals surface area contributed by atoms with Crippen LogP contribution in [0.15, 0.2) is 48.5 Å². The maximum Gasteiger partial charge on any atom is 0.306 e. The number of carboxylic acids is 1. The quantitative estimate of drug-likeness (QED) is 0.891. The second-order valence-corrected chi connectivity index (χ2v) is 6.09. The summed E-state index contributed by atoms with van der Waals surface area (Å²) >= 11 is 0. The zero-order chi connectivity index (χ0) is 16.4. The molecule has 2 aromatic carbocycles. The largest absolute Gasteiger partial charge is 0.481 e. The summed E-state index contributed by atoms with van der Waals surface area (Å²) in [7, 11) is 0. The number of hydrogen-bond donors (Lipinski definition) is 2. The highest BCUT2D eigenvalue weighted by Crippen LogP contribution is 2.35. The van der Waals surface area contributed by atoms with Gasteiger partial charge < -0.3 is 10.4 Å².